The van der Waals surface area contributed by atoms with Crippen LogP contribution in [0.2, 0.25) is 0 Å². The number of amides is 1. The fourth-order valence-corrected chi connectivity index (χ4v) is 11.6. The molecule has 196 valence electrons. The average molecular weight is 486 g/mol. The molecule has 5 heteroatoms. The summed E-state index contributed by atoms with van der Waals surface area (Å²) in [5.74, 6) is 3.21. The van der Waals surface area contributed by atoms with Crippen molar-refractivity contribution in [2.45, 2.75) is 116 Å². The molecule has 0 aromatic carbocycles. The van der Waals surface area contributed by atoms with Crippen molar-refractivity contribution in [3.8, 4) is 0 Å². The van der Waals surface area contributed by atoms with E-state index in [0.717, 1.165) is 31.2 Å². The quantitative estimate of drug-likeness (QED) is 0.624. The number of carbonyl (C=O) groups excluding carboxylic acids is 1. The van der Waals surface area contributed by atoms with Gasteiger partial charge in [0.15, 0.2) is 0 Å². The summed E-state index contributed by atoms with van der Waals surface area (Å²) < 4.78 is 12.3. The van der Waals surface area contributed by atoms with Crippen molar-refractivity contribution in [3.05, 3.63) is 0 Å². The van der Waals surface area contributed by atoms with Gasteiger partial charge in [0.05, 0.1) is 37.6 Å². The third kappa shape index (κ3) is 2.95. The minimum Gasteiger partial charge on any atom is -0.393 e. The zero-order valence-electron chi connectivity index (χ0n) is 22.4. The summed E-state index contributed by atoms with van der Waals surface area (Å²) in [6.07, 6.45) is 13.2. The number of hydrogen-bond acceptors (Lipinski definition) is 4. The van der Waals surface area contributed by atoms with Crippen molar-refractivity contribution in [2.24, 2.45) is 45.3 Å². The van der Waals surface area contributed by atoms with Gasteiger partial charge < -0.3 is 19.5 Å². The molecule has 7 unspecified atom stereocenters. The van der Waals surface area contributed by atoms with E-state index in [9.17, 15) is 9.90 Å². The van der Waals surface area contributed by atoms with E-state index in [-0.39, 0.29) is 29.6 Å². The molecule has 2 spiro atoms. The Kier molecular flexibility index (Phi) is 5.01. The first kappa shape index (κ1) is 23.5. The van der Waals surface area contributed by atoms with Crippen molar-refractivity contribution in [2.75, 3.05) is 19.8 Å². The highest BCUT2D eigenvalue weighted by atomic mass is 16.5. The van der Waals surface area contributed by atoms with Gasteiger partial charge in [0.2, 0.25) is 5.91 Å². The zero-order chi connectivity index (χ0) is 24.4. The lowest BCUT2D eigenvalue weighted by Gasteiger charge is -2.59. The minimum absolute atomic E-state index is 0.0710. The first-order valence-corrected chi connectivity index (χ1v) is 14.8. The number of aliphatic hydroxyl groups excluding tert-OH is 1. The van der Waals surface area contributed by atoms with Crippen molar-refractivity contribution >= 4 is 5.91 Å². The summed E-state index contributed by atoms with van der Waals surface area (Å²) in [7, 11) is 0. The molecule has 5 aliphatic carbocycles. The normalized spacial score (nSPS) is 53.8. The maximum absolute atomic E-state index is 12.3. The van der Waals surface area contributed by atoms with Gasteiger partial charge in [-0.25, -0.2) is 0 Å². The molecule has 2 heterocycles. The molecule has 7 rings (SSSR count). The van der Waals surface area contributed by atoms with Gasteiger partial charge >= 0.3 is 0 Å². The van der Waals surface area contributed by atoms with E-state index in [1.165, 1.54) is 51.4 Å². The van der Waals surface area contributed by atoms with E-state index in [0.29, 0.717) is 47.4 Å². The molecule has 10 atom stereocenters. The van der Waals surface area contributed by atoms with E-state index in [4.69, 9.17) is 9.47 Å². The first-order chi connectivity index (χ1) is 16.6. The molecular formula is C30H47NO4. The van der Waals surface area contributed by atoms with Crippen LogP contribution in [-0.4, -0.2) is 60.0 Å². The first-order valence-electron chi connectivity index (χ1n) is 14.8. The van der Waals surface area contributed by atoms with Crippen LogP contribution in [0.25, 0.3) is 0 Å². The standard InChI is InChI=1S/C30H47NO4/c1-18(32)31(19-15-34-16-19)14-20-5-6-22-24(35-20)13-23-21-7-8-25-27(2,3)26(33)9-10-30(25)17-29(21,30)12-11-28(22,23)4/h19-26,33H,5-17H2,1-4H3/t20?,21?,22?,23?,24?,25?,26-,28+,29-,30?/m0/s1. The number of carbonyl (C=O) groups is 1. The summed E-state index contributed by atoms with van der Waals surface area (Å²) in [6, 6.07) is 0.247. The lowest BCUT2D eigenvalue weighted by atomic mass is 9.46. The average Bonchev–Trinajstić information content (AvgIpc) is 3.35. The van der Waals surface area contributed by atoms with Gasteiger partial charge in [-0.05, 0) is 110 Å². The largest absolute Gasteiger partial charge is 0.393 e. The van der Waals surface area contributed by atoms with Crippen LogP contribution in [0.5, 0.6) is 0 Å². The van der Waals surface area contributed by atoms with E-state index < -0.39 is 0 Å². The maximum Gasteiger partial charge on any atom is 0.219 e. The Labute approximate surface area is 211 Å². The predicted octanol–water partition coefficient (Wildman–Crippen LogP) is 4.80. The monoisotopic (exact) mass is 485 g/mol. The Bertz CT molecular complexity index is 901. The van der Waals surface area contributed by atoms with Gasteiger partial charge in [0.1, 0.15) is 0 Å². The molecule has 2 aliphatic heterocycles. The lowest BCUT2D eigenvalue weighted by Crippen LogP contribution is -2.55. The molecule has 7 aliphatic rings. The van der Waals surface area contributed by atoms with Gasteiger partial charge in [-0.2, -0.15) is 0 Å². The van der Waals surface area contributed by atoms with Crippen LogP contribution in [-0.2, 0) is 14.3 Å². The Morgan fingerprint density at radius 1 is 0.943 bits per heavy atom. The fraction of sp³-hybridized carbons (Fsp3) is 0.967. The second kappa shape index (κ2) is 7.47. The fourth-order valence-electron chi connectivity index (χ4n) is 11.6. The van der Waals surface area contributed by atoms with Crippen LogP contribution in [0.1, 0.15) is 91.9 Å². The third-order valence-electron chi connectivity index (χ3n) is 13.5. The van der Waals surface area contributed by atoms with Gasteiger partial charge in [-0.15, -0.1) is 0 Å². The number of hydrogen-bond donors (Lipinski definition) is 1. The summed E-state index contributed by atoms with van der Waals surface area (Å²) >= 11 is 0. The summed E-state index contributed by atoms with van der Waals surface area (Å²) in [5.41, 5.74) is 1.57. The Morgan fingerprint density at radius 2 is 1.71 bits per heavy atom. The molecule has 2 saturated heterocycles. The van der Waals surface area contributed by atoms with E-state index in [1.54, 1.807) is 6.92 Å². The highest BCUT2D eigenvalue weighted by molar-refractivity contribution is 5.73. The van der Waals surface area contributed by atoms with E-state index in [1.807, 2.05) is 4.90 Å². The smallest absolute Gasteiger partial charge is 0.219 e. The van der Waals surface area contributed by atoms with Crippen molar-refractivity contribution in [1.29, 1.82) is 0 Å². The van der Waals surface area contributed by atoms with Crippen LogP contribution < -0.4 is 0 Å². The Balaban J connectivity index is 1.10. The Hall–Kier alpha value is -0.650. The molecule has 0 aromatic heterocycles. The number of aliphatic hydroxyl groups is 1. The Morgan fingerprint density at radius 3 is 2.43 bits per heavy atom. The second-order valence-corrected chi connectivity index (χ2v) is 14.8. The molecule has 5 nitrogen and oxygen atoms in total. The van der Waals surface area contributed by atoms with Crippen molar-refractivity contribution in [1.82, 2.24) is 4.90 Å². The van der Waals surface area contributed by atoms with Gasteiger partial charge in [-0.1, -0.05) is 20.8 Å². The summed E-state index contributed by atoms with van der Waals surface area (Å²) in [4.78, 5) is 14.3. The van der Waals surface area contributed by atoms with Crippen LogP contribution in [0.4, 0.5) is 0 Å². The second-order valence-electron chi connectivity index (χ2n) is 14.8. The lowest BCUT2D eigenvalue weighted by molar-refractivity contribution is -0.154. The predicted molar refractivity (Wildman–Crippen MR) is 134 cm³/mol. The van der Waals surface area contributed by atoms with Gasteiger partial charge in [0.25, 0.3) is 0 Å². The third-order valence-corrected chi connectivity index (χ3v) is 13.5. The van der Waals surface area contributed by atoms with Crippen LogP contribution in [0.3, 0.4) is 0 Å². The molecule has 1 N–H and O–H groups in total. The van der Waals surface area contributed by atoms with E-state index >= 15 is 0 Å². The molecular weight excluding hydrogens is 438 g/mol. The number of ether oxygens (including phenoxy) is 2. The minimum atomic E-state index is -0.123. The number of rotatable bonds is 3. The van der Waals surface area contributed by atoms with Gasteiger partial charge in [-0.3, -0.25) is 4.79 Å². The summed E-state index contributed by atoms with van der Waals surface area (Å²) in [5, 5.41) is 10.9. The maximum atomic E-state index is 12.3. The molecule has 0 bridgehead atoms. The molecule has 0 radical (unpaired) electrons. The summed E-state index contributed by atoms with van der Waals surface area (Å²) in [6.45, 7) is 11.1. The highest BCUT2D eigenvalue weighted by Gasteiger charge is 2.80. The molecule has 5 saturated carbocycles. The molecule has 7 fully saturated rings. The number of nitrogens with zero attached hydrogens (tertiary/aromatic N) is 1. The van der Waals surface area contributed by atoms with E-state index in [2.05, 4.69) is 20.8 Å². The van der Waals surface area contributed by atoms with Crippen LogP contribution in [0, 0.1) is 45.3 Å². The highest BCUT2D eigenvalue weighted by Crippen LogP contribution is 2.87. The molecule has 35 heavy (non-hydrogen) atoms. The topological polar surface area (TPSA) is 59.0 Å². The van der Waals surface area contributed by atoms with Gasteiger partial charge in [0, 0.05) is 13.5 Å². The molecule has 1 amide bonds. The number of fused-ring (bicyclic) bond motifs is 4. The van der Waals surface area contributed by atoms with Crippen LogP contribution >= 0.6 is 0 Å². The van der Waals surface area contributed by atoms with Crippen LogP contribution in [0.15, 0.2) is 0 Å². The zero-order valence-corrected chi connectivity index (χ0v) is 22.4. The van der Waals surface area contributed by atoms with Crippen molar-refractivity contribution < 1.29 is 19.4 Å². The molecule has 0 aromatic rings. The van der Waals surface area contributed by atoms with Crippen molar-refractivity contribution in [3.63, 3.8) is 0 Å². The SMILES string of the molecule is CC(=O)N(CC1CCC2C(CC3C4CCC5C(C)(C)[C@@H](O)CCC56C[C@@]46CC[C@]23C)O1)C1COC1.